The molecule has 0 aliphatic carbocycles. The maximum absolute atomic E-state index is 11.4. The van der Waals surface area contributed by atoms with Crippen LogP contribution in [0.4, 0.5) is 4.79 Å². The largest absolute Gasteiger partial charge is 0.455 e. The summed E-state index contributed by atoms with van der Waals surface area (Å²) in [5.74, 6) is 1.93. The van der Waals surface area contributed by atoms with Crippen molar-refractivity contribution in [3.8, 4) is 12.3 Å². The number of rotatable bonds is 3. The second-order valence-electron chi connectivity index (χ2n) is 4.59. The van der Waals surface area contributed by atoms with E-state index in [1.54, 1.807) is 26.8 Å². The SMILES string of the molecule is C#CC(=O)c1ccc(CNC(=O)OC(C)(C)C)o1. The fourth-order valence-corrected chi connectivity index (χ4v) is 1.14. The Bertz CT molecular complexity index is 488. The third-order valence-corrected chi connectivity index (χ3v) is 1.82. The van der Waals surface area contributed by atoms with Gasteiger partial charge in [-0.2, -0.15) is 0 Å². The summed E-state index contributed by atoms with van der Waals surface area (Å²) in [6, 6.07) is 3.04. The van der Waals surface area contributed by atoms with E-state index < -0.39 is 17.5 Å². The number of carbonyl (C=O) groups excluding carboxylic acids is 2. The number of ether oxygens (including phenoxy) is 1. The van der Waals surface area contributed by atoms with Crippen molar-refractivity contribution in [3.63, 3.8) is 0 Å². The van der Waals surface area contributed by atoms with Gasteiger partial charge in [0.15, 0.2) is 5.76 Å². The maximum atomic E-state index is 11.4. The normalized spacial score (nSPS) is 10.6. The van der Waals surface area contributed by atoms with Gasteiger partial charge in [0.25, 0.3) is 5.78 Å². The summed E-state index contributed by atoms with van der Waals surface area (Å²) >= 11 is 0. The second kappa shape index (κ2) is 5.41. The number of furan rings is 1. The molecule has 0 aliphatic rings. The van der Waals surface area contributed by atoms with Gasteiger partial charge in [0.2, 0.25) is 0 Å². The van der Waals surface area contributed by atoms with E-state index in [0.717, 1.165) is 0 Å². The standard InChI is InChI=1S/C13H15NO4/c1-5-10(15)11-7-6-9(17-11)8-14-12(16)18-13(2,3)4/h1,6-7H,8H2,2-4H3,(H,14,16). The minimum atomic E-state index is -0.558. The van der Waals surface area contributed by atoms with Crippen molar-refractivity contribution in [1.29, 1.82) is 0 Å². The van der Waals surface area contributed by atoms with E-state index in [2.05, 4.69) is 5.32 Å². The number of alkyl carbamates (subject to hydrolysis) is 1. The summed E-state index contributed by atoms with van der Waals surface area (Å²) in [6.45, 7) is 5.43. The highest BCUT2D eigenvalue weighted by Gasteiger charge is 2.16. The maximum Gasteiger partial charge on any atom is 0.408 e. The van der Waals surface area contributed by atoms with E-state index in [1.165, 1.54) is 6.07 Å². The lowest BCUT2D eigenvalue weighted by Gasteiger charge is -2.19. The lowest BCUT2D eigenvalue weighted by Crippen LogP contribution is -2.32. The van der Waals surface area contributed by atoms with Gasteiger partial charge >= 0.3 is 6.09 Å². The Morgan fingerprint density at radius 1 is 1.44 bits per heavy atom. The van der Waals surface area contributed by atoms with E-state index in [9.17, 15) is 9.59 Å². The number of Topliss-reactive ketones (excluding diaryl/α,β-unsaturated/α-hetero) is 1. The molecule has 0 unspecified atom stereocenters. The van der Waals surface area contributed by atoms with E-state index >= 15 is 0 Å². The van der Waals surface area contributed by atoms with Crippen LogP contribution in [0, 0.1) is 12.3 Å². The van der Waals surface area contributed by atoms with Crippen molar-refractivity contribution in [2.24, 2.45) is 0 Å². The van der Waals surface area contributed by atoms with Crippen LogP contribution in [0.3, 0.4) is 0 Å². The Morgan fingerprint density at radius 2 is 2.11 bits per heavy atom. The molecule has 0 aromatic carbocycles. The molecular weight excluding hydrogens is 234 g/mol. The lowest BCUT2D eigenvalue weighted by atomic mass is 10.2. The molecule has 0 saturated heterocycles. The minimum absolute atomic E-state index is 0.0819. The first-order valence-corrected chi connectivity index (χ1v) is 5.38. The van der Waals surface area contributed by atoms with Crippen LogP contribution in [0.2, 0.25) is 0 Å². The smallest absolute Gasteiger partial charge is 0.408 e. The van der Waals surface area contributed by atoms with E-state index in [1.807, 2.05) is 5.92 Å². The van der Waals surface area contributed by atoms with Gasteiger partial charge in [0.1, 0.15) is 11.4 Å². The molecule has 0 aliphatic heterocycles. The summed E-state index contributed by atoms with van der Waals surface area (Å²) in [6.07, 6.45) is 4.40. The first-order chi connectivity index (χ1) is 8.31. The highest BCUT2D eigenvalue weighted by molar-refractivity contribution is 6.06. The van der Waals surface area contributed by atoms with Crippen molar-refractivity contribution < 1.29 is 18.7 Å². The van der Waals surface area contributed by atoms with Crippen molar-refractivity contribution >= 4 is 11.9 Å². The number of amides is 1. The fraction of sp³-hybridized carbons (Fsp3) is 0.385. The van der Waals surface area contributed by atoms with Gasteiger partial charge in [0.05, 0.1) is 6.54 Å². The van der Waals surface area contributed by atoms with E-state index in [4.69, 9.17) is 15.6 Å². The van der Waals surface area contributed by atoms with Crippen LogP contribution in [0.5, 0.6) is 0 Å². The van der Waals surface area contributed by atoms with Crippen LogP contribution in [-0.2, 0) is 11.3 Å². The molecule has 5 heteroatoms. The molecule has 0 atom stereocenters. The molecule has 1 aromatic rings. The highest BCUT2D eigenvalue weighted by atomic mass is 16.6. The van der Waals surface area contributed by atoms with Crippen LogP contribution < -0.4 is 5.32 Å². The van der Waals surface area contributed by atoms with Crippen LogP contribution in [0.1, 0.15) is 37.1 Å². The van der Waals surface area contributed by atoms with Crippen LogP contribution in [0.15, 0.2) is 16.5 Å². The monoisotopic (exact) mass is 249 g/mol. The number of ketones is 1. The molecule has 1 heterocycles. The first-order valence-electron chi connectivity index (χ1n) is 5.38. The van der Waals surface area contributed by atoms with Crippen LogP contribution in [-0.4, -0.2) is 17.5 Å². The second-order valence-corrected chi connectivity index (χ2v) is 4.59. The summed E-state index contributed by atoms with van der Waals surface area (Å²) in [5.41, 5.74) is -0.558. The third kappa shape index (κ3) is 4.34. The zero-order valence-corrected chi connectivity index (χ0v) is 10.6. The van der Waals surface area contributed by atoms with Gasteiger partial charge in [-0.15, -0.1) is 6.42 Å². The Kier molecular flexibility index (Phi) is 4.16. The molecule has 0 spiro atoms. The number of hydrogen-bond acceptors (Lipinski definition) is 4. The number of carbonyl (C=O) groups is 2. The lowest BCUT2D eigenvalue weighted by molar-refractivity contribution is 0.0520. The van der Waals surface area contributed by atoms with Crippen molar-refractivity contribution in [3.05, 3.63) is 23.7 Å². The molecule has 96 valence electrons. The van der Waals surface area contributed by atoms with E-state index in [0.29, 0.717) is 5.76 Å². The Hall–Kier alpha value is -2.22. The Balaban J connectivity index is 2.50. The summed E-state index contributed by atoms with van der Waals surface area (Å²) in [7, 11) is 0. The Morgan fingerprint density at radius 3 is 2.67 bits per heavy atom. The molecular formula is C13H15NO4. The van der Waals surface area contributed by atoms with Gasteiger partial charge < -0.3 is 14.5 Å². The summed E-state index contributed by atoms with van der Waals surface area (Å²) in [5, 5.41) is 2.51. The molecule has 0 saturated carbocycles. The van der Waals surface area contributed by atoms with Crippen LogP contribution >= 0.6 is 0 Å². The van der Waals surface area contributed by atoms with Crippen molar-refractivity contribution in [2.75, 3.05) is 0 Å². The van der Waals surface area contributed by atoms with Crippen LogP contribution in [0.25, 0.3) is 0 Å². The number of terminal acetylenes is 1. The summed E-state index contributed by atoms with van der Waals surface area (Å²) in [4.78, 5) is 22.5. The average molecular weight is 249 g/mol. The molecule has 0 radical (unpaired) electrons. The van der Waals surface area contributed by atoms with Crippen molar-refractivity contribution in [2.45, 2.75) is 32.9 Å². The highest BCUT2D eigenvalue weighted by Crippen LogP contribution is 2.09. The topological polar surface area (TPSA) is 68.5 Å². The Labute approximate surface area is 105 Å². The van der Waals surface area contributed by atoms with E-state index in [-0.39, 0.29) is 12.3 Å². The van der Waals surface area contributed by atoms with Gasteiger partial charge in [-0.05, 0) is 38.8 Å². The fourth-order valence-electron chi connectivity index (χ4n) is 1.14. The quantitative estimate of drug-likeness (QED) is 0.506. The first kappa shape index (κ1) is 13.8. The molecule has 18 heavy (non-hydrogen) atoms. The molecule has 0 fully saturated rings. The number of hydrogen-bond donors (Lipinski definition) is 1. The van der Waals surface area contributed by atoms with Gasteiger partial charge in [0, 0.05) is 0 Å². The predicted octanol–water partition coefficient (Wildman–Crippen LogP) is 2.12. The van der Waals surface area contributed by atoms with Crippen molar-refractivity contribution in [1.82, 2.24) is 5.32 Å². The predicted molar refractivity (Wildman–Crippen MR) is 64.9 cm³/mol. The summed E-state index contributed by atoms with van der Waals surface area (Å²) < 4.78 is 10.2. The third-order valence-electron chi connectivity index (χ3n) is 1.82. The molecule has 1 amide bonds. The molecule has 1 rings (SSSR count). The molecule has 0 bridgehead atoms. The van der Waals surface area contributed by atoms with Gasteiger partial charge in [-0.25, -0.2) is 4.79 Å². The zero-order chi connectivity index (χ0) is 13.8. The number of nitrogens with one attached hydrogen (secondary N) is 1. The molecule has 1 N–H and O–H groups in total. The minimum Gasteiger partial charge on any atom is -0.455 e. The molecule has 1 aromatic heterocycles. The van der Waals surface area contributed by atoms with Gasteiger partial charge in [-0.3, -0.25) is 4.79 Å². The molecule has 5 nitrogen and oxygen atoms in total. The average Bonchev–Trinajstić information content (AvgIpc) is 2.71. The zero-order valence-electron chi connectivity index (χ0n) is 10.6. The van der Waals surface area contributed by atoms with Gasteiger partial charge in [-0.1, -0.05) is 0 Å².